The third-order valence-corrected chi connectivity index (χ3v) is 3.36. The molecule has 2 N–H and O–H groups in total. The average molecular weight is 246 g/mol. The van der Waals surface area contributed by atoms with Gasteiger partial charge in [0.05, 0.1) is 6.29 Å². The van der Waals surface area contributed by atoms with E-state index in [4.69, 9.17) is 5.73 Å². The Balaban J connectivity index is 0.000000181. The summed E-state index contributed by atoms with van der Waals surface area (Å²) in [6, 6.07) is 19.5. The highest BCUT2D eigenvalue weighted by Gasteiger charge is 1.97. The first-order chi connectivity index (χ1) is 8.24. The van der Waals surface area contributed by atoms with Gasteiger partial charge in [0.15, 0.2) is 0 Å². The molecule has 0 spiro atoms. The van der Waals surface area contributed by atoms with E-state index in [0.717, 1.165) is 5.30 Å². The van der Waals surface area contributed by atoms with Crippen LogP contribution in [0.15, 0.2) is 60.7 Å². The number of nitrogens with two attached hydrogens (primary N) is 1. The third-order valence-electron chi connectivity index (χ3n) is 2.15. The van der Waals surface area contributed by atoms with Crippen molar-refractivity contribution in [3.05, 3.63) is 66.2 Å². The standard InChI is InChI=1S/C7H9NOP.C7H8/c8-6-10(9)7-4-2-1-3-5-7;1-7-5-3-2-4-6-7/h1-5H,6,8H2;2-6H,1H3. The lowest BCUT2D eigenvalue weighted by Crippen LogP contribution is -2.02. The van der Waals surface area contributed by atoms with Crippen molar-refractivity contribution < 1.29 is 4.57 Å². The van der Waals surface area contributed by atoms with Gasteiger partial charge in [0.2, 0.25) is 0 Å². The van der Waals surface area contributed by atoms with Gasteiger partial charge in [-0.05, 0) is 19.1 Å². The molecule has 1 radical (unpaired) electrons. The molecule has 0 saturated heterocycles. The summed E-state index contributed by atoms with van der Waals surface area (Å²) in [6.45, 7) is 2.08. The highest BCUT2D eigenvalue weighted by molar-refractivity contribution is 7.53. The zero-order valence-electron chi connectivity index (χ0n) is 9.91. The van der Waals surface area contributed by atoms with Crippen LogP contribution in [0.3, 0.4) is 0 Å². The predicted molar refractivity (Wildman–Crippen MR) is 73.9 cm³/mol. The molecule has 0 aromatic heterocycles. The fourth-order valence-electron chi connectivity index (χ4n) is 1.23. The summed E-state index contributed by atoms with van der Waals surface area (Å²) in [5.74, 6) is 0. The minimum atomic E-state index is -1.35. The molecule has 17 heavy (non-hydrogen) atoms. The second kappa shape index (κ2) is 7.72. The van der Waals surface area contributed by atoms with Gasteiger partial charge in [-0.25, -0.2) is 0 Å². The molecule has 0 amide bonds. The molecule has 2 rings (SSSR count). The van der Waals surface area contributed by atoms with E-state index < -0.39 is 7.80 Å². The van der Waals surface area contributed by atoms with Crippen molar-refractivity contribution in [3.8, 4) is 0 Å². The first kappa shape index (κ1) is 13.6. The molecule has 0 saturated carbocycles. The van der Waals surface area contributed by atoms with Gasteiger partial charge in [-0.3, -0.25) is 4.57 Å². The summed E-state index contributed by atoms with van der Waals surface area (Å²) in [4.78, 5) is 0. The quantitative estimate of drug-likeness (QED) is 0.827. The fourth-order valence-corrected chi connectivity index (χ4v) is 1.95. The van der Waals surface area contributed by atoms with Crippen molar-refractivity contribution in [2.45, 2.75) is 6.92 Å². The number of aryl methyl sites for hydroxylation is 1. The van der Waals surface area contributed by atoms with E-state index in [2.05, 4.69) is 19.1 Å². The Hall–Kier alpha value is -1.50. The second-order valence-corrected chi connectivity index (χ2v) is 5.19. The molecule has 89 valence electrons. The minimum Gasteiger partial charge on any atom is -0.321 e. The Morgan fingerprint density at radius 3 is 1.76 bits per heavy atom. The molecule has 0 aliphatic carbocycles. The number of hydrogen-bond acceptors (Lipinski definition) is 2. The highest BCUT2D eigenvalue weighted by Crippen LogP contribution is 2.14. The van der Waals surface area contributed by atoms with Gasteiger partial charge in [0.1, 0.15) is 7.80 Å². The maximum atomic E-state index is 11.0. The molecule has 2 nitrogen and oxygen atoms in total. The molecule has 2 aromatic rings. The first-order valence-corrected chi connectivity index (χ1v) is 6.90. The van der Waals surface area contributed by atoms with Gasteiger partial charge in [-0.15, -0.1) is 0 Å². The molecule has 0 bridgehead atoms. The van der Waals surface area contributed by atoms with Crippen LogP contribution in [0.2, 0.25) is 0 Å². The summed E-state index contributed by atoms with van der Waals surface area (Å²) in [5.41, 5.74) is 6.54. The van der Waals surface area contributed by atoms with E-state index in [1.807, 2.05) is 48.5 Å². The van der Waals surface area contributed by atoms with Crippen molar-refractivity contribution in [1.29, 1.82) is 0 Å². The van der Waals surface area contributed by atoms with Crippen LogP contribution in [0, 0.1) is 6.92 Å². The largest absolute Gasteiger partial charge is 0.321 e. The summed E-state index contributed by atoms with van der Waals surface area (Å²) >= 11 is 0. The zero-order chi connectivity index (χ0) is 12.5. The fraction of sp³-hybridized carbons (Fsp3) is 0.143. The Bertz CT molecular complexity index is 442. The Kier molecular flexibility index (Phi) is 6.16. The van der Waals surface area contributed by atoms with Crippen molar-refractivity contribution in [3.63, 3.8) is 0 Å². The van der Waals surface area contributed by atoms with E-state index in [1.54, 1.807) is 0 Å². The molecular formula is C14H17NOP. The minimum absolute atomic E-state index is 0.235. The maximum absolute atomic E-state index is 11.0. The summed E-state index contributed by atoms with van der Waals surface area (Å²) in [5, 5.41) is 0.833. The molecule has 0 aliphatic rings. The van der Waals surface area contributed by atoms with Crippen LogP contribution in [-0.4, -0.2) is 6.29 Å². The lowest BCUT2D eigenvalue weighted by atomic mass is 10.2. The van der Waals surface area contributed by atoms with Crippen molar-refractivity contribution >= 4 is 13.1 Å². The second-order valence-electron chi connectivity index (χ2n) is 3.55. The van der Waals surface area contributed by atoms with Gasteiger partial charge in [0.25, 0.3) is 0 Å². The van der Waals surface area contributed by atoms with Gasteiger partial charge < -0.3 is 5.73 Å². The van der Waals surface area contributed by atoms with E-state index in [9.17, 15) is 4.57 Å². The monoisotopic (exact) mass is 246 g/mol. The van der Waals surface area contributed by atoms with Crippen molar-refractivity contribution in [2.75, 3.05) is 6.29 Å². The van der Waals surface area contributed by atoms with Gasteiger partial charge in [-0.2, -0.15) is 0 Å². The molecular weight excluding hydrogens is 229 g/mol. The molecule has 0 aliphatic heterocycles. The third kappa shape index (κ3) is 5.39. The van der Waals surface area contributed by atoms with Crippen LogP contribution < -0.4 is 11.0 Å². The highest BCUT2D eigenvalue weighted by atomic mass is 31.1. The average Bonchev–Trinajstić information content (AvgIpc) is 2.40. The van der Waals surface area contributed by atoms with E-state index in [1.165, 1.54) is 5.56 Å². The zero-order valence-corrected chi connectivity index (χ0v) is 10.8. The maximum Gasteiger partial charge on any atom is 0.118 e. The van der Waals surface area contributed by atoms with Crippen LogP contribution >= 0.6 is 7.80 Å². The first-order valence-electron chi connectivity index (χ1n) is 5.45. The summed E-state index contributed by atoms with van der Waals surface area (Å²) in [6.07, 6.45) is 0.235. The molecule has 1 atom stereocenters. The smallest absolute Gasteiger partial charge is 0.118 e. The summed E-state index contributed by atoms with van der Waals surface area (Å²) < 4.78 is 11.0. The van der Waals surface area contributed by atoms with E-state index in [0.29, 0.717) is 0 Å². The number of benzene rings is 2. The molecule has 0 fully saturated rings. The van der Waals surface area contributed by atoms with Gasteiger partial charge >= 0.3 is 0 Å². The molecule has 2 aromatic carbocycles. The lowest BCUT2D eigenvalue weighted by molar-refractivity contribution is 0.593. The predicted octanol–water partition coefficient (Wildman–Crippen LogP) is 3.05. The van der Waals surface area contributed by atoms with Crippen LogP contribution in [0.1, 0.15) is 5.56 Å². The number of rotatable bonds is 2. The SMILES string of the molecule is Cc1ccccc1.NC[P](=O)c1ccccc1. The topological polar surface area (TPSA) is 43.1 Å². The molecule has 1 unspecified atom stereocenters. The molecule has 0 heterocycles. The normalized spacial score (nSPS) is 10.1. The van der Waals surface area contributed by atoms with E-state index in [-0.39, 0.29) is 6.29 Å². The Morgan fingerprint density at radius 1 is 0.941 bits per heavy atom. The summed E-state index contributed by atoms with van der Waals surface area (Å²) in [7, 11) is -1.35. The number of hydrogen-bond donors (Lipinski definition) is 1. The molecule has 3 heteroatoms. The van der Waals surface area contributed by atoms with E-state index >= 15 is 0 Å². The van der Waals surface area contributed by atoms with Gasteiger partial charge in [-0.1, -0.05) is 54.1 Å². The lowest BCUT2D eigenvalue weighted by Gasteiger charge is -1.94. The van der Waals surface area contributed by atoms with Crippen LogP contribution in [0.5, 0.6) is 0 Å². The Morgan fingerprint density at radius 2 is 1.41 bits per heavy atom. The van der Waals surface area contributed by atoms with Gasteiger partial charge in [0, 0.05) is 5.30 Å². The van der Waals surface area contributed by atoms with Crippen molar-refractivity contribution in [1.82, 2.24) is 0 Å². The van der Waals surface area contributed by atoms with Crippen LogP contribution in [-0.2, 0) is 4.57 Å². The van der Waals surface area contributed by atoms with Crippen LogP contribution in [0.25, 0.3) is 0 Å². The Labute approximate surface area is 103 Å². The van der Waals surface area contributed by atoms with Crippen LogP contribution in [0.4, 0.5) is 0 Å². The van der Waals surface area contributed by atoms with Crippen molar-refractivity contribution in [2.24, 2.45) is 5.73 Å².